The van der Waals surface area contributed by atoms with Crippen LogP contribution in [0.3, 0.4) is 0 Å². The van der Waals surface area contributed by atoms with Crippen LogP contribution in [0.15, 0.2) is 53.0 Å². The van der Waals surface area contributed by atoms with Crippen molar-refractivity contribution < 1.29 is 4.79 Å². The monoisotopic (exact) mass is 340 g/mol. The van der Waals surface area contributed by atoms with Crippen LogP contribution in [0.25, 0.3) is 6.08 Å². The SMILES string of the molecule is O=C(/C=C/c1ccc(Br)cc1)c1ccc2c(c1)CCCC2. The minimum Gasteiger partial charge on any atom is -0.289 e. The molecule has 0 amide bonds. The Morgan fingerprint density at radius 3 is 2.43 bits per heavy atom. The molecule has 2 aromatic carbocycles. The van der Waals surface area contributed by atoms with Gasteiger partial charge in [-0.1, -0.05) is 46.3 Å². The average Bonchev–Trinajstić information content (AvgIpc) is 2.53. The van der Waals surface area contributed by atoms with Crippen molar-refractivity contribution in [3.63, 3.8) is 0 Å². The maximum atomic E-state index is 12.3. The molecule has 0 fully saturated rings. The Bertz CT molecular complexity index is 683. The molecule has 0 unspecified atom stereocenters. The number of ketones is 1. The van der Waals surface area contributed by atoms with Crippen molar-refractivity contribution in [1.82, 2.24) is 0 Å². The summed E-state index contributed by atoms with van der Waals surface area (Å²) in [5.41, 5.74) is 4.59. The first-order valence-corrected chi connectivity index (χ1v) is 8.11. The van der Waals surface area contributed by atoms with Crippen molar-refractivity contribution in [3.05, 3.63) is 75.3 Å². The lowest BCUT2D eigenvalue weighted by Crippen LogP contribution is -2.05. The van der Waals surface area contributed by atoms with Gasteiger partial charge in [0.2, 0.25) is 0 Å². The molecule has 0 spiro atoms. The molecule has 21 heavy (non-hydrogen) atoms. The van der Waals surface area contributed by atoms with Gasteiger partial charge in [-0.15, -0.1) is 0 Å². The van der Waals surface area contributed by atoms with Crippen molar-refractivity contribution in [2.24, 2.45) is 0 Å². The molecule has 0 heterocycles. The third-order valence-electron chi connectivity index (χ3n) is 3.93. The van der Waals surface area contributed by atoms with E-state index >= 15 is 0 Å². The molecule has 0 radical (unpaired) electrons. The molecule has 1 aliphatic rings. The Hall–Kier alpha value is -1.67. The maximum Gasteiger partial charge on any atom is 0.185 e. The van der Waals surface area contributed by atoms with Gasteiger partial charge in [-0.3, -0.25) is 4.79 Å². The first-order valence-electron chi connectivity index (χ1n) is 7.32. The van der Waals surface area contributed by atoms with Gasteiger partial charge in [-0.25, -0.2) is 0 Å². The van der Waals surface area contributed by atoms with Gasteiger partial charge in [0.05, 0.1) is 0 Å². The van der Waals surface area contributed by atoms with E-state index in [1.165, 1.54) is 24.0 Å². The molecule has 0 saturated carbocycles. The number of hydrogen-bond acceptors (Lipinski definition) is 1. The third kappa shape index (κ3) is 3.51. The largest absolute Gasteiger partial charge is 0.289 e. The van der Waals surface area contributed by atoms with Gasteiger partial charge in [-0.05, 0) is 66.6 Å². The van der Waals surface area contributed by atoms with Crippen LogP contribution in [0.5, 0.6) is 0 Å². The van der Waals surface area contributed by atoms with Gasteiger partial charge in [0, 0.05) is 10.0 Å². The number of rotatable bonds is 3. The molecule has 0 aromatic heterocycles. The van der Waals surface area contributed by atoms with Crippen molar-refractivity contribution in [1.29, 1.82) is 0 Å². The second-order valence-corrected chi connectivity index (χ2v) is 6.36. The average molecular weight is 341 g/mol. The Kier molecular flexibility index (Phi) is 4.35. The fourth-order valence-electron chi connectivity index (χ4n) is 2.73. The number of aryl methyl sites for hydroxylation is 2. The standard InChI is InChI=1S/C19H17BrO/c20-18-10-5-14(6-11-18)7-12-19(21)17-9-8-15-3-1-2-4-16(15)13-17/h5-13H,1-4H2/b12-7+. The fraction of sp³-hybridized carbons (Fsp3) is 0.211. The number of carbonyl (C=O) groups is 1. The van der Waals surface area contributed by atoms with Crippen LogP contribution in [0.1, 0.15) is 39.9 Å². The van der Waals surface area contributed by atoms with Gasteiger partial charge in [0.25, 0.3) is 0 Å². The Morgan fingerprint density at radius 2 is 1.67 bits per heavy atom. The van der Waals surface area contributed by atoms with Crippen LogP contribution in [-0.2, 0) is 12.8 Å². The Morgan fingerprint density at radius 1 is 0.952 bits per heavy atom. The van der Waals surface area contributed by atoms with Crippen LogP contribution in [0.4, 0.5) is 0 Å². The van der Waals surface area contributed by atoms with Gasteiger partial charge in [-0.2, -0.15) is 0 Å². The van der Waals surface area contributed by atoms with E-state index in [1.54, 1.807) is 6.08 Å². The quantitative estimate of drug-likeness (QED) is 0.552. The summed E-state index contributed by atoms with van der Waals surface area (Å²) in [4.78, 5) is 12.3. The minimum absolute atomic E-state index is 0.0753. The molecule has 0 bridgehead atoms. The molecule has 1 nitrogen and oxygen atoms in total. The van der Waals surface area contributed by atoms with E-state index in [-0.39, 0.29) is 5.78 Å². The summed E-state index contributed by atoms with van der Waals surface area (Å²) < 4.78 is 1.04. The topological polar surface area (TPSA) is 17.1 Å². The number of carbonyl (C=O) groups excluding carboxylic acids is 1. The molecule has 0 N–H and O–H groups in total. The zero-order valence-corrected chi connectivity index (χ0v) is 13.4. The Labute approximate surface area is 133 Å². The van der Waals surface area contributed by atoms with E-state index in [4.69, 9.17) is 0 Å². The zero-order valence-electron chi connectivity index (χ0n) is 11.8. The zero-order chi connectivity index (χ0) is 14.7. The minimum atomic E-state index is 0.0753. The normalized spacial score (nSPS) is 14.1. The number of benzene rings is 2. The second-order valence-electron chi connectivity index (χ2n) is 5.44. The van der Waals surface area contributed by atoms with Gasteiger partial charge >= 0.3 is 0 Å². The van der Waals surface area contributed by atoms with E-state index in [2.05, 4.69) is 28.1 Å². The summed E-state index contributed by atoms with van der Waals surface area (Å²) >= 11 is 3.41. The van der Waals surface area contributed by atoms with Crippen LogP contribution in [0, 0.1) is 0 Å². The molecule has 2 aromatic rings. The van der Waals surface area contributed by atoms with Crippen LogP contribution < -0.4 is 0 Å². The predicted octanol–water partition coefficient (Wildman–Crippen LogP) is 5.22. The lowest BCUT2D eigenvalue weighted by molar-refractivity contribution is 0.104. The molecule has 3 rings (SSSR count). The number of hydrogen-bond donors (Lipinski definition) is 0. The number of halogens is 1. The van der Waals surface area contributed by atoms with E-state index in [0.717, 1.165) is 28.4 Å². The highest BCUT2D eigenvalue weighted by Crippen LogP contribution is 2.22. The molecule has 0 saturated heterocycles. The summed E-state index contributed by atoms with van der Waals surface area (Å²) in [7, 11) is 0. The summed E-state index contributed by atoms with van der Waals surface area (Å²) in [6.07, 6.45) is 8.29. The summed E-state index contributed by atoms with van der Waals surface area (Å²) in [5.74, 6) is 0.0753. The van der Waals surface area contributed by atoms with E-state index < -0.39 is 0 Å². The summed E-state index contributed by atoms with van der Waals surface area (Å²) in [6.45, 7) is 0. The highest BCUT2D eigenvalue weighted by Gasteiger charge is 2.11. The van der Waals surface area contributed by atoms with E-state index in [0.29, 0.717) is 0 Å². The van der Waals surface area contributed by atoms with Crippen molar-refractivity contribution in [3.8, 4) is 0 Å². The van der Waals surface area contributed by atoms with Crippen molar-refractivity contribution in [2.45, 2.75) is 25.7 Å². The van der Waals surface area contributed by atoms with Gasteiger partial charge in [0.15, 0.2) is 5.78 Å². The highest BCUT2D eigenvalue weighted by atomic mass is 79.9. The molecule has 0 atom stereocenters. The van der Waals surface area contributed by atoms with E-state index in [1.807, 2.05) is 36.4 Å². The fourth-order valence-corrected chi connectivity index (χ4v) is 2.99. The number of fused-ring (bicyclic) bond motifs is 1. The number of allylic oxidation sites excluding steroid dienone is 1. The second kappa shape index (κ2) is 6.40. The van der Waals surface area contributed by atoms with Crippen LogP contribution >= 0.6 is 15.9 Å². The molecule has 2 heteroatoms. The summed E-state index contributed by atoms with van der Waals surface area (Å²) in [5, 5.41) is 0. The molecule has 0 aliphatic heterocycles. The maximum absolute atomic E-state index is 12.3. The summed E-state index contributed by atoms with van der Waals surface area (Å²) in [6, 6.07) is 14.1. The van der Waals surface area contributed by atoms with Gasteiger partial charge in [0.1, 0.15) is 0 Å². The predicted molar refractivity (Wildman–Crippen MR) is 90.6 cm³/mol. The first-order chi connectivity index (χ1) is 10.2. The van der Waals surface area contributed by atoms with Gasteiger partial charge < -0.3 is 0 Å². The van der Waals surface area contributed by atoms with Crippen molar-refractivity contribution in [2.75, 3.05) is 0 Å². The molecular formula is C19H17BrO. The smallest absolute Gasteiger partial charge is 0.185 e. The molecule has 1 aliphatic carbocycles. The molecule has 106 valence electrons. The van der Waals surface area contributed by atoms with Crippen LogP contribution in [-0.4, -0.2) is 5.78 Å². The van der Waals surface area contributed by atoms with Crippen molar-refractivity contribution >= 4 is 27.8 Å². The highest BCUT2D eigenvalue weighted by molar-refractivity contribution is 9.10. The lowest BCUT2D eigenvalue weighted by atomic mass is 9.90. The third-order valence-corrected chi connectivity index (χ3v) is 4.46. The first kappa shape index (κ1) is 14.3. The Balaban J connectivity index is 1.77. The van der Waals surface area contributed by atoms with E-state index in [9.17, 15) is 4.79 Å². The lowest BCUT2D eigenvalue weighted by Gasteiger charge is -2.15. The molecular weight excluding hydrogens is 324 g/mol. The van der Waals surface area contributed by atoms with Crippen LogP contribution in [0.2, 0.25) is 0 Å².